The van der Waals surface area contributed by atoms with Crippen LogP contribution in [-0.4, -0.2) is 54.4 Å². The molecule has 2 atom stereocenters. The molecule has 0 unspecified atom stereocenters. The lowest BCUT2D eigenvalue weighted by Gasteiger charge is -2.36. The Hall–Kier alpha value is -1.59. The number of fused-ring (bicyclic) bond motifs is 1. The lowest BCUT2D eigenvalue weighted by molar-refractivity contribution is -0.133. The standard InChI is InChI=1S/C7H10N4O2/c1-10-5-4(8-3-9-5)6(12)11(2)7(10)13/h3-5H,1-2H3,(H,8,9)/t4-,5-/m1/s1. The molecule has 2 heterocycles. The molecule has 13 heavy (non-hydrogen) atoms. The summed E-state index contributed by atoms with van der Waals surface area (Å²) in [6.07, 6.45) is 1.09. The third-order valence-electron chi connectivity index (χ3n) is 2.36. The van der Waals surface area contributed by atoms with Crippen LogP contribution in [0.5, 0.6) is 0 Å². The molecular formula is C7H10N4O2. The Labute approximate surface area is 75.2 Å². The van der Waals surface area contributed by atoms with E-state index in [1.165, 1.54) is 18.3 Å². The zero-order chi connectivity index (χ0) is 9.59. The van der Waals surface area contributed by atoms with Crippen molar-refractivity contribution >= 4 is 18.3 Å². The van der Waals surface area contributed by atoms with Gasteiger partial charge in [0.2, 0.25) is 0 Å². The van der Waals surface area contributed by atoms with Crippen LogP contribution in [0.15, 0.2) is 4.99 Å². The van der Waals surface area contributed by atoms with Crippen molar-refractivity contribution in [3.05, 3.63) is 0 Å². The molecule has 70 valence electrons. The highest BCUT2D eigenvalue weighted by Gasteiger charge is 2.44. The molecule has 6 nitrogen and oxygen atoms in total. The van der Waals surface area contributed by atoms with Crippen LogP contribution in [0.1, 0.15) is 0 Å². The summed E-state index contributed by atoms with van der Waals surface area (Å²) in [5.74, 6) is -0.231. The number of likely N-dealkylation sites (N-methyl/N-ethyl adjacent to an activating group) is 2. The van der Waals surface area contributed by atoms with Crippen LogP contribution in [0.4, 0.5) is 4.79 Å². The van der Waals surface area contributed by atoms with Crippen molar-refractivity contribution < 1.29 is 9.59 Å². The van der Waals surface area contributed by atoms with Gasteiger partial charge in [0.25, 0.3) is 5.91 Å². The maximum Gasteiger partial charge on any atom is 0.328 e. The molecule has 2 aliphatic heterocycles. The average molecular weight is 182 g/mol. The van der Waals surface area contributed by atoms with E-state index in [0.29, 0.717) is 0 Å². The average Bonchev–Trinajstić information content (AvgIpc) is 2.59. The van der Waals surface area contributed by atoms with Crippen molar-refractivity contribution in [2.45, 2.75) is 12.2 Å². The number of carbonyl (C=O) groups is 2. The van der Waals surface area contributed by atoms with Crippen LogP contribution in [0, 0.1) is 0 Å². The van der Waals surface area contributed by atoms with E-state index in [1.54, 1.807) is 7.05 Å². The molecule has 1 N–H and O–H groups in total. The highest BCUT2D eigenvalue weighted by atomic mass is 16.2. The van der Waals surface area contributed by atoms with E-state index in [9.17, 15) is 9.59 Å². The van der Waals surface area contributed by atoms with Crippen LogP contribution in [0.2, 0.25) is 0 Å². The van der Waals surface area contributed by atoms with Crippen LogP contribution < -0.4 is 5.32 Å². The Morgan fingerprint density at radius 1 is 1.46 bits per heavy atom. The van der Waals surface area contributed by atoms with E-state index in [1.807, 2.05) is 0 Å². The summed E-state index contributed by atoms with van der Waals surface area (Å²) in [4.78, 5) is 29.4. The maximum atomic E-state index is 11.5. The van der Waals surface area contributed by atoms with E-state index >= 15 is 0 Å². The summed E-state index contributed by atoms with van der Waals surface area (Å²) in [6.45, 7) is 0. The molecule has 0 aromatic carbocycles. The fourth-order valence-corrected chi connectivity index (χ4v) is 1.55. The van der Waals surface area contributed by atoms with Gasteiger partial charge in [0.05, 0.1) is 6.34 Å². The number of amides is 3. The molecule has 2 rings (SSSR count). The van der Waals surface area contributed by atoms with E-state index in [0.717, 1.165) is 4.90 Å². The summed E-state index contributed by atoms with van der Waals surface area (Å²) in [6, 6.07) is -0.722. The Kier molecular flexibility index (Phi) is 1.51. The number of nitrogens with zero attached hydrogens (tertiary/aromatic N) is 3. The molecule has 0 aromatic heterocycles. The van der Waals surface area contributed by atoms with Crippen molar-refractivity contribution in [1.29, 1.82) is 0 Å². The molecular weight excluding hydrogens is 172 g/mol. The molecule has 0 radical (unpaired) electrons. The first-order valence-electron chi connectivity index (χ1n) is 3.95. The van der Waals surface area contributed by atoms with Crippen molar-refractivity contribution in [2.75, 3.05) is 14.1 Å². The quantitative estimate of drug-likeness (QED) is 0.513. The van der Waals surface area contributed by atoms with Gasteiger partial charge in [-0.15, -0.1) is 0 Å². The Bertz CT molecular complexity index is 301. The first-order valence-corrected chi connectivity index (χ1v) is 3.95. The van der Waals surface area contributed by atoms with Gasteiger partial charge in [-0.1, -0.05) is 0 Å². The van der Waals surface area contributed by atoms with Gasteiger partial charge < -0.3 is 10.2 Å². The highest BCUT2D eigenvalue weighted by molar-refractivity contribution is 6.01. The summed E-state index contributed by atoms with van der Waals surface area (Å²) in [7, 11) is 3.10. The summed E-state index contributed by atoms with van der Waals surface area (Å²) in [5, 5.41) is 2.81. The molecule has 0 bridgehead atoms. The van der Waals surface area contributed by atoms with Gasteiger partial charge in [-0.05, 0) is 0 Å². The van der Waals surface area contributed by atoms with Gasteiger partial charge in [0.15, 0.2) is 6.17 Å². The lowest BCUT2D eigenvalue weighted by atomic mass is 10.1. The smallest absolute Gasteiger partial charge is 0.328 e. The van der Waals surface area contributed by atoms with Crippen molar-refractivity contribution in [3.63, 3.8) is 0 Å². The number of carbonyl (C=O) groups excluding carboxylic acids is 2. The number of urea groups is 1. The minimum atomic E-state index is -0.410. The Morgan fingerprint density at radius 3 is 2.85 bits per heavy atom. The van der Waals surface area contributed by atoms with Crippen LogP contribution >= 0.6 is 0 Å². The van der Waals surface area contributed by atoms with Crippen molar-refractivity contribution in [3.8, 4) is 0 Å². The fourth-order valence-electron chi connectivity index (χ4n) is 1.55. The molecule has 0 aromatic rings. The number of hydrogen-bond donors (Lipinski definition) is 1. The SMILES string of the molecule is CN1C(=O)[C@@H]2NC=N[C@@H]2N(C)C1=O. The Morgan fingerprint density at radius 2 is 2.15 bits per heavy atom. The van der Waals surface area contributed by atoms with Crippen LogP contribution in [-0.2, 0) is 4.79 Å². The Balaban J connectivity index is 2.32. The molecule has 0 saturated carbocycles. The zero-order valence-electron chi connectivity index (χ0n) is 7.39. The number of hydrogen-bond acceptors (Lipinski definition) is 4. The van der Waals surface area contributed by atoms with Crippen LogP contribution in [0.3, 0.4) is 0 Å². The third-order valence-corrected chi connectivity index (χ3v) is 2.36. The highest BCUT2D eigenvalue weighted by Crippen LogP contribution is 2.17. The van der Waals surface area contributed by atoms with Crippen molar-refractivity contribution in [1.82, 2.24) is 15.1 Å². The van der Waals surface area contributed by atoms with Crippen LogP contribution in [0.25, 0.3) is 0 Å². The molecule has 1 fully saturated rings. The van der Waals surface area contributed by atoms with Crippen molar-refractivity contribution in [2.24, 2.45) is 4.99 Å². The summed E-state index contributed by atoms with van der Waals surface area (Å²) >= 11 is 0. The number of nitrogens with one attached hydrogen (secondary N) is 1. The first-order chi connectivity index (χ1) is 6.13. The van der Waals surface area contributed by atoms with Gasteiger partial charge in [0.1, 0.15) is 6.04 Å². The van der Waals surface area contributed by atoms with Gasteiger partial charge in [-0.2, -0.15) is 0 Å². The maximum absolute atomic E-state index is 11.5. The predicted molar refractivity (Wildman–Crippen MR) is 45.1 cm³/mol. The second kappa shape index (κ2) is 2.45. The van der Waals surface area contributed by atoms with E-state index in [-0.39, 0.29) is 18.1 Å². The largest absolute Gasteiger partial charge is 0.362 e. The van der Waals surface area contributed by atoms with E-state index < -0.39 is 6.04 Å². The number of imide groups is 1. The summed E-state index contributed by atoms with van der Waals surface area (Å²) in [5.41, 5.74) is 0. The summed E-state index contributed by atoms with van der Waals surface area (Å²) < 4.78 is 0. The molecule has 6 heteroatoms. The minimum Gasteiger partial charge on any atom is -0.362 e. The van der Waals surface area contributed by atoms with E-state index in [2.05, 4.69) is 10.3 Å². The fraction of sp³-hybridized carbons (Fsp3) is 0.571. The number of aliphatic imine (C=N–C) groups is 1. The molecule has 3 amide bonds. The molecule has 0 spiro atoms. The normalized spacial score (nSPS) is 32.2. The zero-order valence-corrected chi connectivity index (χ0v) is 7.39. The lowest BCUT2D eigenvalue weighted by Crippen LogP contribution is -2.62. The second-order valence-electron chi connectivity index (χ2n) is 3.13. The molecule has 1 saturated heterocycles. The monoisotopic (exact) mass is 182 g/mol. The molecule has 2 aliphatic rings. The third kappa shape index (κ3) is 0.912. The minimum absolute atomic E-state index is 0.231. The predicted octanol–water partition coefficient (Wildman–Crippen LogP) is -1.16. The second-order valence-corrected chi connectivity index (χ2v) is 3.13. The topological polar surface area (TPSA) is 65.0 Å². The van der Waals surface area contributed by atoms with Gasteiger partial charge >= 0.3 is 6.03 Å². The van der Waals surface area contributed by atoms with Gasteiger partial charge in [-0.25, -0.2) is 9.79 Å². The molecule has 0 aliphatic carbocycles. The first kappa shape index (κ1) is 8.03. The van der Waals surface area contributed by atoms with E-state index in [4.69, 9.17) is 0 Å². The number of rotatable bonds is 0. The van der Waals surface area contributed by atoms with Gasteiger partial charge in [-0.3, -0.25) is 9.69 Å². The van der Waals surface area contributed by atoms with Gasteiger partial charge in [0, 0.05) is 14.1 Å².